The van der Waals surface area contributed by atoms with Gasteiger partial charge in [-0.3, -0.25) is 4.90 Å². The number of rotatable bonds is 4. The molecule has 2 rings (SSSR count). The van der Waals surface area contributed by atoms with Gasteiger partial charge in [-0.05, 0) is 56.4 Å². The average molecular weight is 268 g/mol. The van der Waals surface area contributed by atoms with E-state index in [4.69, 9.17) is 5.73 Å². The summed E-state index contributed by atoms with van der Waals surface area (Å²) in [4.78, 5) is 2.62. The molecule has 0 aromatic carbocycles. The highest BCUT2D eigenvalue weighted by Gasteiger charge is 2.34. The van der Waals surface area contributed by atoms with Gasteiger partial charge in [0.2, 0.25) is 0 Å². The van der Waals surface area contributed by atoms with Crippen molar-refractivity contribution in [1.82, 2.24) is 4.90 Å². The largest absolute Gasteiger partial charge is 0.396 e. The lowest BCUT2D eigenvalue weighted by atomic mass is 9.72. The average Bonchev–Trinajstić information content (AvgIpc) is 2.36. The van der Waals surface area contributed by atoms with Crippen LogP contribution in [0.2, 0.25) is 0 Å². The first kappa shape index (κ1) is 15.3. The highest BCUT2D eigenvalue weighted by Crippen LogP contribution is 2.34. The molecule has 19 heavy (non-hydrogen) atoms. The number of aliphatic hydroxyl groups is 1. The first-order chi connectivity index (χ1) is 9.11. The van der Waals surface area contributed by atoms with Crippen molar-refractivity contribution in [2.24, 2.45) is 23.5 Å². The molecule has 2 fully saturated rings. The molecule has 1 aliphatic heterocycles. The summed E-state index contributed by atoms with van der Waals surface area (Å²) in [5, 5.41) is 9.23. The Hall–Kier alpha value is -0.120. The SMILES string of the molecule is CC1CC(C)C(CN2CCCCC2CCO)C(N)C1. The zero-order chi connectivity index (χ0) is 13.8. The van der Waals surface area contributed by atoms with E-state index in [0.29, 0.717) is 24.6 Å². The van der Waals surface area contributed by atoms with Gasteiger partial charge >= 0.3 is 0 Å². The highest BCUT2D eigenvalue weighted by atomic mass is 16.3. The maximum Gasteiger partial charge on any atom is 0.0445 e. The standard InChI is InChI=1S/C16H32N2O/c1-12-9-13(2)15(16(17)10-12)11-18-7-4-3-5-14(18)6-8-19/h12-16,19H,3-11,17H2,1-2H3. The van der Waals surface area contributed by atoms with Crippen molar-refractivity contribution in [3.63, 3.8) is 0 Å². The van der Waals surface area contributed by atoms with Crippen molar-refractivity contribution in [3.05, 3.63) is 0 Å². The van der Waals surface area contributed by atoms with Gasteiger partial charge in [0.05, 0.1) is 0 Å². The van der Waals surface area contributed by atoms with Crippen LogP contribution in [0.25, 0.3) is 0 Å². The summed E-state index contributed by atoms with van der Waals surface area (Å²) in [6.07, 6.45) is 7.35. The fourth-order valence-electron chi connectivity index (χ4n) is 4.33. The van der Waals surface area contributed by atoms with Crippen LogP contribution in [0.1, 0.15) is 52.4 Å². The van der Waals surface area contributed by atoms with Gasteiger partial charge in [0.15, 0.2) is 0 Å². The second-order valence-corrected chi connectivity index (χ2v) is 7.04. The van der Waals surface area contributed by atoms with Crippen molar-refractivity contribution >= 4 is 0 Å². The molecule has 5 unspecified atom stereocenters. The number of hydrogen-bond donors (Lipinski definition) is 2. The lowest BCUT2D eigenvalue weighted by molar-refractivity contribution is 0.0617. The van der Waals surface area contributed by atoms with E-state index in [0.717, 1.165) is 24.8 Å². The van der Waals surface area contributed by atoms with Gasteiger partial charge in [0.1, 0.15) is 0 Å². The van der Waals surface area contributed by atoms with E-state index in [1.165, 1.54) is 38.6 Å². The maximum atomic E-state index is 9.23. The van der Waals surface area contributed by atoms with Gasteiger partial charge < -0.3 is 10.8 Å². The molecule has 0 amide bonds. The smallest absolute Gasteiger partial charge is 0.0445 e. The zero-order valence-corrected chi connectivity index (χ0v) is 12.7. The third-order valence-electron chi connectivity index (χ3n) is 5.39. The van der Waals surface area contributed by atoms with Gasteiger partial charge in [-0.1, -0.05) is 20.3 Å². The quantitative estimate of drug-likeness (QED) is 0.822. The Morgan fingerprint density at radius 2 is 2.00 bits per heavy atom. The fourth-order valence-corrected chi connectivity index (χ4v) is 4.33. The molecule has 1 saturated heterocycles. The van der Waals surface area contributed by atoms with Gasteiger partial charge in [-0.25, -0.2) is 0 Å². The molecule has 1 aliphatic carbocycles. The van der Waals surface area contributed by atoms with Gasteiger partial charge in [-0.2, -0.15) is 0 Å². The molecule has 2 aliphatic rings. The lowest BCUT2D eigenvalue weighted by Gasteiger charge is -2.44. The molecule has 5 atom stereocenters. The van der Waals surface area contributed by atoms with E-state index >= 15 is 0 Å². The van der Waals surface area contributed by atoms with Gasteiger partial charge in [0.25, 0.3) is 0 Å². The van der Waals surface area contributed by atoms with Crippen LogP contribution in [-0.4, -0.2) is 41.8 Å². The van der Waals surface area contributed by atoms with Crippen LogP contribution in [0, 0.1) is 17.8 Å². The number of aliphatic hydroxyl groups excluding tert-OH is 1. The first-order valence-corrected chi connectivity index (χ1v) is 8.22. The Morgan fingerprint density at radius 3 is 2.68 bits per heavy atom. The van der Waals surface area contributed by atoms with Crippen molar-refractivity contribution < 1.29 is 5.11 Å². The van der Waals surface area contributed by atoms with Gasteiger partial charge in [0, 0.05) is 25.2 Å². The maximum absolute atomic E-state index is 9.23. The van der Waals surface area contributed by atoms with Crippen LogP contribution in [0.15, 0.2) is 0 Å². The van der Waals surface area contributed by atoms with E-state index in [2.05, 4.69) is 18.7 Å². The zero-order valence-electron chi connectivity index (χ0n) is 12.7. The van der Waals surface area contributed by atoms with Crippen LogP contribution >= 0.6 is 0 Å². The summed E-state index contributed by atoms with van der Waals surface area (Å²) >= 11 is 0. The molecule has 0 bridgehead atoms. The first-order valence-electron chi connectivity index (χ1n) is 8.22. The van der Waals surface area contributed by atoms with Crippen molar-refractivity contribution in [3.8, 4) is 0 Å². The molecule has 3 N–H and O–H groups in total. The summed E-state index contributed by atoms with van der Waals surface area (Å²) in [6.45, 7) is 7.40. The van der Waals surface area contributed by atoms with E-state index in [9.17, 15) is 5.11 Å². The molecule has 0 aromatic heterocycles. The highest BCUT2D eigenvalue weighted by molar-refractivity contribution is 4.89. The van der Waals surface area contributed by atoms with Crippen LogP contribution in [0.4, 0.5) is 0 Å². The van der Waals surface area contributed by atoms with Crippen molar-refractivity contribution in [2.75, 3.05) is 19.7 Å². The third kappa shape index (κ3) is 3.93. The minimum absolute atomic E-state index is 0.324. The number of hydrogen-bond acceptors (Lipinski definition) is 3. The lowest BCUT2D eigenvalue weighted by Crippen LogP contribution is -2.50. The summed E-state index contributed by atoms with van der Waals surface area (Å²) in [6, 6.07) is 0.966. The van der Waals surface area contributed by atoms with Gasteiger partial charge in [-0.15, -0.1) is 0 Å². The predicted molar refractivity (Wildman–Crippen MR) is 79.9 cm³/mol. The molecule has 3 heteroatoms. The number of nitrogens with two attached hydrogens (primary N) is 1. The molecule has 1 heterocycles. The topological polar surface area (TPSA) is 49.5 Å². The Balaban J connectivity index is 1.93. The molecule has 0 aromatic rings. The van der Waals surface area contributed by atoms with Crippen LogP contribution in [0.3, 0.4) is 0 Å². The normalized spacial score (nSPS) is 41.4. The van der Waals surface area contributed by atoms with E-state index < -0.39 is 0 Å². The second kappa shape index (κ2) is 7.05. The van der Waals surface area contributed by atoms with Crippen molar-refractivity contribution in [1.29, 1.82) is 0 Å². The Labute approximate surface area is 118 Å². The summed E-state index contributed by atoms with van der Waals surface area (Å²) in [7, 11) is 0. The molecule has 112 valence electrons. The molecule has 0 spiro atoms. The monoisotopic (exact) mass is 268 g/mol. The minimum Gasteiger partial charge on any atom is -0.396 e. The Morgan fingerprint density at radius 1 is 1.21 bits per heavy atom. The number of likely N-dealkylation sites (tertiary alicyclic amines) is 1. The van der Waals surface area contributed by atoms with Crippen LogP contribution < -0.4 is 5.73 Å². The molecular formula is C16H32N2O. The summed E-state index contributed by atoms with van der Waals surface area (Å²) < 4.78 is 0. The minimum atomic E-state index is 0.324. The molecular weight excluding hydrogens is 236 g/mol. The second-order valence-electron chi connectivity index (χ2n) is 7.04. The number of nitrogens with zero attached hydrogens (tertiary/aromatic N) is 1. The molecule has 0 radical (unpaired) electrons. The van der Waals surface area contributed by atoms with Crippen molar-refractivity contribution in [2.45, 2.75) is 64.5 Å². The molecule has 3 nitrogen and oxygen atoms in total. The Bertz CT molecular complexity index is 257. The van der Waals surface area contributed by atoms with E-state index in [-0.39, 0.29) is 0 Å². The van der Waals surface area contributed by atoms with Crippen LogP contribution in [-0.2, 0) is 0 Å². The van der Waals surface area contributed by atoms with E-state index in [1.807, 2.05) is 0 Å². The third-order valence-corrected chi connectivity index (χ3v) is 5.39. The summed E-state index contributed by atoms with van der Waals surface area (Å²) in [5.41, 5.74) is 6.42. The van der Waals surface area contributed by atoms with Crippen LogP contribution in [0.5, 0.6) is 0 Å². The fraction of sp³-hybridized carbons (Fsp3) is 1.00. The van der Waals surface area contributed by atoms with E-state index in [1.54, 1.807) is 0 Å². The predicted octanol–water partition coefficient (Wildman–Crippen LogP) is 2.23. The molecule has 1 saturated carbocycles. The Kier molecular flexibility index (Phi) is 5.67. The summed E-state index contributed by atoms with van der Waals surface area (Å²) in [5.74, 6) is 2.18. The number of piperidine rings is 1.